The summed E-state index contributed by atoms with van der Waals surface area (Å²) in [6.07, 6.45) is 5.32. The molecule has 0 spiro atoms. The number of morpholine rings is 1. The summed E-state index contributed by atoms with van der Waals surface area (Å²) in [6, 6.07) is 8.62. The van der Waals surface area contributed by atoms with E-state index in [0.717, 1.165) is 77.4 Å². The lowest BCUT2D eigenvalue weighted by Crippen LogP contribution is -2.46. The highest BCUT2D eigenvalue weighted by atomic mass is 16.5. The van der Waals surface area contributed by atoms with Crippen molar-refractivity contribution >= 4 is 5.91 Å². The third-order valence-corrected chi connectivity index (χ3v) is 6.24. The van der Waals surface area contributed by atoms with Gasteiger partial charge in [-0.15, -0.1) is 0 Å². The Morgan fingerprint density at radius 1 is 1.00 bits per heavy atom. The first-order valence-electron chi connectivity index (χ1n) is 9.95. The zero-order valence-electron chi connectivity index (χ0n) is 15.2. The lowest BCUT2D eigenvalue weighted by molar-refractivity contribution is -0.137. The second kappa shape index (κ2) is 7.88. The van der Waals surface area contributed by atoms with Gasteiger partial charge in [-0.3, -0.25) is 9.69 Å². The number of carbonyl (C=O) groups is 1. The molecule has 2 saturated heterocycles. The third-order valence-electron chi connectivity index (χ3n) is 6.24. The Morgan fingerprint density at radius 3 is 2.48 bits per heavy atom. The van der Waals surface area contributed by atoms with Crippen LogP contribution >= 0.6 is 0 Å². The Morgan fingerprint density at radius 2 is 1.72 bits per heavy atom. The van der Waals surface area contributed by atoms with Crippen LogP contribution in [0.15, 0.2) is 24.3 Å². The predicted molar refractivity (Wildman–Crippen MR) is 98.5 cm³/mol. The molecular weight excluding hydrogens is 312 g/mol. The maximum atomic E-state index is 13.0. The number of rotatable bonds is 3. The van der Waals surface area contributed by atoms with Crippen LogP contribution in [-0.4, -0.2) is 61.6 Å². The molecule has 136 valence electrons. The molecule has 0 radical (unpaired) electrons. The maximum absolute atomic E-state index is 13.0. The van der Waals surface area contributed by atoms with Gasteiger partial charge < -0.3 is 9.64 Å². The van der Waals surface area contributed by atoms with E-state index < -0.39 is 0 Å². The number of amides is 1. The number of carbonyl (C=O) groups excluding carboxylic acids is 1. The smallest absolute Gasteiger partial charge is 0.226 e. The molecule has 3 aliphatic rings. The van der Waals surface area contributed by atoms with Gasteiger partial charge >= 0.3 is 0 Å². The van der Waals surface area contributed by atoms with Crippen molar-refractivity contribution in [1.29, 1.82) is 0 Å². The molecule has 2 aliphatic heterocycles. The SMILES string of the molecule is O=C(C1CCc2ccccc2C1)N1CCC(CN2CCOCC2)CC1. The van der Waals surface area contributed by atoms with Gasteiger partial charge in [0.15, 0.2) is 0 Å². The molecule has 2 heterocycles. The van der Waals surface area contributed by atoms with E-state index in [4.69, 9.17) is 4.74 Å². The summed E-state index contributed by atoms with van der Waals surface area (Å²) in [5.74, 6) is 1.35. The molecular formula is C21H30N2O2. The van der Waals surface area contributed by atoms with E-state index in [2.05, 4.69) is 34.1 Å². The zero-order valence-corrected chi connectivity index (χ0v) is 15.2. The molecule has 1 atom stereocenters. The van der Waals surface area contributed by atoms with Crippen LogP contribution in [0.1, 0.15) is 30.4 Å². The molecule has 4 rings (SSSR count). The summed E-state index contributed by atoms with van der Waals surface area (Å²) in [4.78, 5) is 17.6. The van der Waals surface area contributed by atoms with Crippen molar-refractivity contribution in [1.82, 2.24) is 9.80 Å². The number of aryl methyl sites for hydroxylation is 1. The molecule has 4 nitrogen and oxygen atoms in total. The van der Waals surface area contributed by atoms with E-state index in [9.17, 15) is 4.79 Å². The number of nitrogens with zero attached hydrogens (tertiary/aromatic N) is 2. The Kier molecular flexibility index (Phi) is 5.37. The molecule has 1 unspecified atom stereocenters. The molecule has 25 heavy (non-hydrogen) atoms. The molecule has 4 heteroatoms. The van der Waals surface area contributed by atoms with Gasteiger partial charge in [-0.2, -0.15) is 0 Å². The topological polar surface area (TPSA) is 32.8 Å². The summed E-state index contributed by atoms with van der Waals surface area (Å²) in [6.45, 7) is 6.97. The molecule has 0 bridgehead atoms. The molecule has 1 amide bonds. The summed E-state index contributed by atoms with van der Waals surface area (Å²) >= 11 is 0. The van der Waals surface area contributed by atoms with E-state index in [1.54, 1.807) is 0 Å². The maximum Gasteiger partial charge on any atom is 0.226 e. The summed E-state index contributed by atoms with van der Waals surface area (Å²) in [5.41, 5.74) is 2.82. The summed E-state index contributed by atoms with van der Waals surface area (Å²) in [5, 5.41) is 0. The van der Waals surface area contributed by atoms with Crippen LogP contribution in [0.25, 0.3) is 0 Å². The Bertz CT molecular complexity index is 589. The van der Waals surface area contributed by atoms with Crippen LogP contribution in [0.3, 0.4) is 0 Å². The lowest BCUT2D eigenvalue weighted by atomic mass is 9.82. The van der Waals surface area contributed by atoms with E-state index in [1.165, 1.54) is 17.7 Å². The van der Waals surface area contributed by atoms with Gasteiger partial charge in [0.25, 0.3) is 0 Å². The van der Waals surface area contributed by atoms with Crippen molar-refractivity contribution in [2.75, 3.05) is 45.9 Å². The Hall–Kier alpha value is -1.39. The highest BCUT2D eigenvalue weighted by Gasteiger charge is 2.31. The highest BCUT2D eigenvalue weighted by Crippen LogP contribution is 2.28. The number of likely N-dealkylation sites (tertiary alicyclic amines) is 1. The Labute approximate surface area is 151 Å². The highest BCUT2D eigenvalue weighted by molar-refractivity contribution is 5.79. The first kappa shape index (κ1) is 17.0. The number of hydrogen-bond acceptors (Lipinski definition) is 3. The molecule has 2 fully saturated rings. The van der Waals surface area contributed by atoms with Crippen molar-refractivity contribution in [2.24, 2.45) is 11.8 Å². The van der Waals surface area contributed by atoms with E-state index >= 15 is 0 Å². The number of piperidine rings is 1. The third kappa shape index (κ3) is 4.06. The van der Waals surface area contributed by atoms with Crippen LogP contribution in [0.4, 0.5) is 0 Å². The fraction of sp³-hybridized carbons (Fsp3) is 0.667. The van der Waals surface area contributed by atoms with Gasteiger partial charge in [-0.05, 0) is 49.1 Å². The standard InChI is InChI=1S/C21H30N2O2/c24-21(20-6-5-18-3-1-2-4-19(18)15-20)23-9-7-17(8-10-23)16-22-11-13-25-14-12-22/h1-4,17,20H,5-16H2. The fourth-order valence-corrected chi connectivity index (χ4v) is 4.65. The minimum atomic E-state index is 0.200. The lowest BCUT2D eigenvalue weighted by Gasteiger charge is -2.38. The summed E-state index contributed by atoms with van der Waals surface area (Å²) < 4.78 is 5.44. The second-order valence-corrected chi connectivity index (χ2v) is 7.89. The van der Waals surface area contributed by atoms with Crippen LogP contribution in [0.5, 0.6) is 0 Å². The molecule has 0 aromatic heterocycles. The van der Waals surface area contributed by atoms with Crippen molar-refractivity contribution in [3.05, 3.63) is 35.4 Å². The largest absolute Gasteiger partial charge is 0.379 e. The predicted octanol–water partition coefficient (Wildman–Crippen LogP) is 2.36. The van der Waals surface area contributed by atoms with Gasteiger partial charge in [0.2, 0.25) is 5.91 Å². The van der Waals surface area contributed by atoms with Crippen LogP contribution < -0.4 is 0 Å². The van der Waals surface area contributed by atoms with Gasteiger partial charge in [-0.25, -0.2) is 0 Å². The molecule has 1 aromatic rings. The number of fused-ring (bicyclic) bond motifs is 1. The van der Waals surface area contributed by atoms with Crippen molar-refractivity contribution in [2.45, 2.75) is 32.1 Å². The molecule has 0 saturated carbocycles. The van der Waals surface area contributed by atoms with Crippen LogP contribution in [-0.2, 0) is 22.4 Å². The minimum absolute atomic E-state index is 0.200. The Balaban J connectivity index is 1.27. The normalized spacial score (nSPS) is 25.6. The van der Waals surface area contributed by atoms with Gasteiger partial charge in [-0.1, -0.05) is 24.3 Å². The van der Waals surface area contributed by atoms with Crippen molar-refractivity contribution in [3.63, 3.8) is 0 Å². The zero-order chi connectivity index (χ0) is 17.1. The average Bonchev–Trinajstić information content (AvgIpc) is 2.68. The van der Waals surface area contributed by atoms with Gasteiger partial charge in [0.05, 0.1) is 13.2 Å². The molecule has 0 N–H and O–H groups in total. The molecule has 1 aliphatic carbocycles. The number of benzene rings is 1. The van der Waals surface area contributed by atoms with E-state index in [1.807, 2.05) is 0 Å². The quantitative estimate of drug-likeness (QED) is 0.845. The van der Waals surface area contributed by atoms with E-state index in [-0.39, 0.29) is 5.92 Å². The first-order valence-corrected chi connectivity index (χ1v) is 9.95. The van der Waals surface area contributed by atoms with Crippen LogP contribution in [0, 0.1) is 11.8 Å². The van der Waals surface area contributed by atoms with Gasteiger partial charge in [0.1, 0.15) is 0 Å². The fourth-order valence-electron chi connectivity index (χ4n) is 4.65. The number of ether oxygens (including phenoxy) is 1. The van der Waals surface area contributed by atoms with E-state index in [0.29, 0.717) is 5.91 Å². The van der Waals surface area contributed by atoms with Crippen LogP contribution in [0.2, 0.25) is 0 Å². The first-order chi connectivity index (χ1) is 12.3. The second-order valence-electron chi connectivity index (χ2n) is 7.89. The molecule has 1 aromatic carbocycles. The average molecular weight is 342 g/mol. The van der Waals surface area contributed by atoms with Crippen molar-refractivity contribution < 1.29 is 9.53 Å². The minimum Gasteiger partial charge on any atom is -0.379 e. The van der Waals surface area contributed by atoms with Gasteiger partial charge in [0, 0.05) is 38.6 Å². The van der Waals surface area contributed by atoms with Crippen molar-refractivity contribution in [3.8, 4) is 0 Å². The summed E-state index contributed by atoms with van der Waals surface area (Å²) in [7, 11) is 0. The monoisotopic (exact) mass is 342 g/mol. The number of hydrogen-bond donors (Lipinski definition) is 0.